The number of hydrogen-bond donors (Lipinski definition) is 3. The minimum Gasteiger partial charge on any atom is -0.346 e. The summed E-state index contributed by atoms with van der Waals surface area (Å²) in [6, 6.07) is -0.213. The van der Waals surface area contributed by atoms with Gasteiger partial charge in [0.05, 0.1) is 12.6 Å². The molecule has 17 heavy (non-hydrogen) atoms. The van der Waals surface area contributed by atoms with Crippen LogP contribution in [0.1, 0.15) is 12.8 Å². The highest BCUT2D eigenvalue weighted by molar-refractivity contribution is 5.87. The van der Waals surface area contributed by atoms with Crippen molar-refractivity contribution in [2.75, 3.05) is 39.3 Å². The van der Waals surface area contributed by atoms with Crippen molar-refractivity contribution in [1.82, 2.24) is 20.9 Å². The Hall–Kier alpha value is -1.14. The third-order valence-corrected chi connectivity index (χ3v) is 3.23. The average molecular weight is 240 g/mol. The van der Waals surface area contributed by atoms with Gasteiger partial charge in [-0.25, -0.2) is 0 Å². The van der Waals surface area contributed by atoms with Gasteiger partial charge in [-0.15, -0.1) is 0 Å². The number of piperazine rings is 1. The zero-order valence-electron chi connectivity index (χ0n) is 10.00. The molecule has 0 radical (unpaired) electrons. The van der Waals surface area contributed by atoms with Crippen LogP contribution in [-0.2, 0) is 9.59 Å². The van der Waals surface area contributed by atoms with E-state index in [0.717, 1.165) is 39.0 Å². The molecule has 2 amide bonds. The smallest absolute Gasteiger partial charge is 0.241 e. The SMILES string of the molecule is O=C(NCC(=O)N1CCCC1)C1CNCCN1. The number of amides is 2. The number of carbonyl (C=O) groups is 2. The van der Waals surface area contributed by atoms with E-state index in [1.807, 2.05) is 4.90 Å². The van der Waals surface area contributed by atoms with E-state index in [1.54, 1.807) is 0 Å². The van der Waals surface area contributed by atoms with Crippen LogP contribution in [0.4, 0.5) is 0 Å². The Morgan fingerprint density at radius 2 is 2.00 bits per heavy atom. The van der Waals surface area contributed by atoms with Crippen LogP contribution in [0.15, 0.2) is 0 Å². The van der Waals surface area contributed by atoms with Crippen LogP contribution in [0.2, 0.25) is 0 Å². The van der Waals surface area contributed by atoms with Gasteiger partial charge < -0.3 is 20.9 Å². The first-order valence-corrected chi connectivity index (χ1v) is 6.27. The number of hydrogen-bond acceptors (Lipinski definition) is 4. The van der Waals surface area contributed by atoms with E-state index in [0.29, 0.717) is 6.54 Å². The van der Waals surface area contributed by atoms with Gasteiger partial charge in [0.25, 0.3) is 0 Å². The molecule has 0 spiro atoms. The summed E-state index contributed by atoms with van der Waals surface area (Å²) in [4.78, 5) is 25.3. The maximum Gasteiger partial charge on any atom is 0.241 e. The van der Waals surface area contributed by atoms with Crippen LogP contribution in [0.5, 0.6) is 0 Å². The van der Waals surface area contributed by atoms with Crippen molar-refractivity contribution in [1.29, 1.82) is 0 Å². The molecule has 2 aliphatic rings. The average Bonchev–Trinajstić information content (AvgIpc) is 2.90. The lowest BCUT2D eigenvalue weighted by Gasteiger charge is -2.24. The van der Waals surface area contributed by atoms with Gasteiger partial charge in [0.1, 0.15) is 0 Å². The molecule has 0 aromatic heterocycles. The Bertz CT molecular complexity index is 283. The minimum absolute atomic E-state index is 0.0274. The van der Waals surface area contributed by atoms with Crippen LogP contribution in [0.25, 0.3) is 0 Å². The Labute approximate surface area is 101 Å². The molecule has 0 aromatic carbocycles. The summed E-state index contributed by atoms with van der Waals surface area (Å²) < 4.78 is 0. The summed E-state index contributed by atoms with van der Waals surface area (Å²) in [6.45, 7) is 4.09. The first-order valence-electron chi connectivity index (χ1n) is 6.27. The zero-order chi connectivity index (χ0) is 12.1. The fourth-order valence-corrected chi connectivity index (χ4v) is 2.20. The van der Waals surface area contributed by atoms with Crippen LogP contribution in [0.3, 0.4) is 0 Å². The quantitative estimate of drug-likeness (QED) is 0.549. The van der Waals surface area contributed by atoms with E-state index >= 15 is 0 Å². The highest BCUT2D eigenvalue weighted by Gasteiger charge is 2.22. The molecule has 6 nitrogen and oxygen atoms in total. The predicted molar refractivity (Wildman–Crippen MR) is 63.5 cm³/mol. The highest BCUT2D eigenvalue weighted by atomic mass is 16.2. The molecule has 0 saturated carbocycles. The lowest BCUT2D eigenvalue weighted by Crippen LogP contribution is -2.56. The largest absolute Gasteiger partial charge is 0.346 e. The predicted octanol–water partition coefficient (Wildman–Crippen LogP) is -1.71. The lowest BCUT2D eigenvalue weighted by molar-refractivity contribution is -0.132. The Kier molecular flexibility index (Phi) is 4.33. The van der Waals surface area contributed by atoms with Gasteiger partial charge in [-0.05, 0) is 12.8 Å². The van der Waals surface area contributed by atoms with Crippen LogP contribution in [0, 0.1) is 0 Å². The molecular weight excluding hydrogens is 220 g/mol. The first kappa shape index (κ1) is 12.3. The molecule has 96 valence electrons. The summed E-state index contributed by atoms with van der Waals surface area (Å²) in [5, 5.41) is 8.95. The van der Waals surface area contributed by atoms with Gasteiger partial charge in [-0.2, -0.15) is 0 Å². The van der Waals surface area contributed by atoms with E-state index in [2.05, 4.69) is 16.0 Å². The fraction of sp³-hybridized carbons (Fsp3) is 0.818. The van der Waals surface area contributed by atoms with Crippen molar-refractivity contribution in [3.63, 3.8) is 0 Å². The van der Waals surface area contributed by atoms with Crippen LogP contribution < -0.4 is 16.0 Å². The molecule has 3 N–H and O–H groups in total. The number of rotatable bonds is 3. The number of likely N-dealkylation sites (tertiary alicyclic amines) is 1. The molecule has 0 bridgehead atoms. The number of nitrogens with zero attached hydrogens (tertiary/aromatic N) is 1. The molecule has 0 aromatic rings. The number of carbonyl (C=O) groups excluding carboxylic acids is 2. The standard InChI is InChI=1S/C11H20N4O2/c16-10(15-5-1-2-6-15)8-14-11(17)9-7-12-3-4-13-9/h9,12-13H,1-8H2,(H,14,17). The monoisotopic (exact) mass is 240 g/mol. The zero-order valence-corrected chi connectivity index (χ0v) is 10.00. The second-order valence-electron chi connectivity index (χ2n) is 4.52. The highest BCUT2D eigenvalue weighted by Crippen LogP contribution is 2.06. The minimum atomic E-state index is -0.213. The summed E-state index contributed by atoms with van der Waals surface area (Å²) in [5.74, 6) is -0.0654. The molecule has 0 aliphatic carbocycles. The van der Waals surface area contributed by atoms with Crippen molar-refractivity contribution in [2.45, 2.75) is 18.9 Å². The molecule has 6 heteroatoms. The van der Waals surface area contributed by atoms with Gasteiger partial charge >= 0.3 is 0 Å². The lowest BCUT2D eigenvalue weighted by atomic mass is 10.2. The third kappa shape index (κ3) is 3.41. The number of nitrogens with one attached hydrogen (secondary N) is 3. The van der Waals surface area contributed by atoms with E-state index in [1.165, 1.54) is 0 Å². The second kappa shape index (κ2) is 5.97. The van der Waals surface area contributed by atoms with Gasteiger partial charge in [0, 0.05) is 32.7 Å². The van der Waals surface area contributed by atoms with Crippen molar-refractivity contribution in [2.24, 2.45) is 0 Å². The van der Waals surface area contributed by atoms with Gasteiger partial charge in [-0.3, -0.25) is 9.59 Å². The normalized spacial score (nSPS) is 24.7. The van der Waals surface area contributed by atoms with E-state index in [9.17, 15) is 9.59 Å². The van der Waals surface area contributed by atoms with Crippen molar-refractivity contribution < 1.29 is 9.59 Å². The molecule has 2 aliphatic heterocycles. The van der Waals surface area contributed by atoms with E-state index in [4.69, 9.17) is 0 Å². The summed E-state index contributed by atoms with van der Waals surface area (Å²) in [5.41, 5.74) is 0. The van der Waals surface area contributed by atoms with Crippen LogP contribution >= 0.6 is 0 Å². The maximum absolute atomic E-state index is 11.7. The van der Waals surface area contributed by atoms with Crippen molar-refractivity contribution >= 4 is 11.8 Å². The Morgan fingerprint density at radius 3 is 2.65 bits per heavy atom. The topological polar surface area (TPSA) is 73.5 Å². The maximum atomic E-state index is 11.7. The molecule has 1 unspecified atom stereocenters. The fourth-order valence-electron chi connectivity index (χ4n) is 2.20. The summed E-state index contributed by atoms with van der Waals surface area (Å²) in [7, 11) is 0. The Balaban J connectivity index is 1.69. The second-order valence-corrected chi connectivity index (χ2v) is 4.52. The van der Waals surface area contributed by atoms with E-state index < -0.39 is 0 Å². The Morgan fingerprint density at radius 1 is 1.24 bits per heavy atom. The molecule has 2 saturated heterocycles. The molecule has 2 rings (SSSR count). The van der Waals surface area contributed by atoms with Crippen LogP contribution in [-0.4, -0.2) is 62.0 Å². The van der Waals surface area contributed by atoms with Crippen molar-refractivity contribution in [3.8, 4) is 0 Å². The van der Waals surface area contributed by atoms with Gasteiger partial charge in [0.2, 0.25) is 11.8 Å². The summed E-state index contributed by atoms with van der Waals surface area (Å²) in [6.07, 6.45) is 2.15. The van der Waals surface area contributed by atoms with Gasteiger partial charge in [0.15, 0.2) is 0 Å². The molecule has 2 fully saturated rings. The molecule has 1 atom stereocenters. The van der Waals surface area contributed by atoms with E-state index in [-0.39, 0.29) is 24.4 Å². The van der Waals surface area contributed by atoms with Crippen molar-refractivity contribution in [3.05, 3.63) is 0 Å². The first-order chi connectivity index (χ1) is 8.27. The van der Waals surface area contributed by atoms with Gasteiger partial charge in [-0.1, -0.05) is 0 Å². The molecule has 2 heterocycles. The third-order valence-electron chi connectivity index (χ3n) is 3.23. The molecular formula is C11H20N4O2. The summed E-state index contributed by atoms with van der Waals surface area (Å²) >= 11 is 0.